The van der Waals surface area contributed by atoms with E-state index in [0.717, 1.165) is 11.8 Å². The van der Waals surface area contributed by atoms with Crippen molar-refractivity contribution in [1.29, 1.82) is 0 Å². The first-order valence-corrected chi connectivity index (χ1v) is 9.85. The van der Waals surface area contributed by atoms with E-state index < -0.39 is 16.2 Å². The van der Waals surface area contributed by atoms with Gasteiger partial charge in [-0.3, -0.25) is 5.32 Å². The number of aliphatic imine (C=N–C) groups is 1. The van der Waals surface area contributed by atoms with Crippen molar-refractivity contribution in [2.75, 3.05) is 19.1 Å². The summed E-state index contributed by atoms with van der Waals surface area (Å²) < 4.78 is 34.5. The van der Waals surface area contributed by atoms with Crippen LogP contribution >= 0.6 is 11.8 Å². The number of nitrogen functional groups attached to an aromatic ring is 1. The van der Waals surface area contributed by atoms with Crippen molar-refractivity contribution in [3.05, 3.63) is 48.5 Å². The Morgan fingerprint density at radius 3 is 2.50 bits per heavy atom. The van der Waals surface area contributed by atoms with Gasteiger partial charge in [-0.25, -0.2) is 9.79 Å². The number of thioether (sulfide) groups is 1. The number of benzene rings is 2. The van der Waals surface area contributed by atoms with Gasteiger partial charge in [-0.15, -0.1) is 0 Å². The summed E-state index contributed by atoms with van der Waals surface area (Å²) in [6.45, 7) is 0. The molecule has 8 nitrogen and oxygen atoms in total. The molecule has 0 bridgehead atoms. The fraction of sp³-hybridized carbons (Fsp3) is 0.125. The number of nitrogens with one attached hydrogen (secondary N) is 1. The largest absolute Gasteiger partial charge is 0.453 e. The van der Waals surface area contributed by atoms with Crippen LogP contribution in [0.15, 0.2) is 58.4 Å². The van der Waals surface area contributed by atoms with E-state index in [4.69, 9.17) is 9.92 Å². The Kier molecular flexibility index (Phi) is 6.47. The molecule has 2 rings (SSSR count). The monoisotopic (exact) mass is 395 g/mol. The minimum absolute atomic E-state index is 0.118. The molecule has 0 unspecified atom stereocenters. The van der Waals surface area contributed by atoms with Crippen molar-refractivity contribution in [2.45, 2.75) is 4.90 Å². The minimum Gasteiger partial charge on any atom is -0.453 e. The van der Waals surface area contributed by atoms with E-state index in [9.17, 15) is 13.2 Å². The first-order chi connectivity index (χ1) is 12.4. The number of amides is 1. The molecule has 3 N–H and O–H groups in total. The van der Waals surface area contributed by atoms with Gasteiger partial charge in [0.15, 0.2) is 5.17 Å². The number of alkyl carbamates (subject to hydrolysis) is 1. The summed E-state index contributed by atoms with van der Waals surface area (Å²) in [7, 11) is -2.85. The van der Waals surface area contributed by atoms with Gasteiger partial charge < -0.3 is 14.7 Å². The van der Waals surface area contributed by atoms with Crippen molar-refractivity contribution in [3.8, 4) is 5.75 Å². The number of hydrogen-bond donors (Lipinski definition) is 2. The van der Waals surface area contributed by atoms with E-state index in [1.165, 1.54) is 37.4 Å². The number of anilines is 1. The highest BCUT2D eigenvalue weighted by molar-refractivity contribution is 8.13. The van der Waals surface area contributed by atoms with Crippen LogP contribution in [0.25, 0.3) is 0 Å². The number of amidine groups is 1. The summed E-state index contributed by atoms with van der Waals surface area (Å²) in [6, 6.07) is 12.1. The molecule has 26 heavy (non-hydrogen) atoms. The molecule has 138 valence electrons. The first kappa shape index (κ1) is 19.6. The molecule has 0 atom stereocenters. The third kappa shape index (κ3) is 5.14. The Bertz CT molecular complexity index is 915. The molecule has 0 fully saturated rings. The topological polar surface area (TPSA) is 120 Å². The van der Waals surface area contributed by atoms with E-state index in [1.54, 1.807) is 24.5 Å². The number of carbonyl (C=O) groups excluding carboxylic acids is 1. The first-order valence-electron chi connectivity index (χ1n) is 7.22. The molecule has 0 aliphatic carbocycles. The average molecular weight is 395 g/mol. The second kappa shape index (κ2) is 8.59. The van der Waals surface area contributed by atoms with Crippen LogP contribution in [0.2, 0.25) is 0 Å². The highest BCUT2D eigenvalue weighted by Gasteiger charge is 2.18. The molecule has 0 heterocycles. The predicted molar refractivity (Wildman–Crippen MR) is 101 cm³/mol. The highest BCUT2D eigenvalue weighted by atomic mass is 32.2. The maximum Gasteiger partial charge on any atom is 0.412 e. The molecule has 0 saturated heterocycles. The Morgan fingerprint density at radius 2 is 1.88 bits per heavy atom. The molecule has 1 amide bonds. The normalized spacial score (nSPS) is 11.7. The van der Waals surface area contributed by atoms with Crippen LogP contribution in [0.3, 0.4) is 0 Å². The lowest BCUT2D eigenvalue weighted by Gasteiger charge is -2.10. The van der Waals surface area contributed by atoms with Gasteiger partial charge >= 0.3 is 16.2 Å². The molecule has 2 aromatic carbocycles. The van der Waals surface area contributed by atoms with E-state index in [-0.39, 0.29) is 27.2 Å². The summed E-state index contributed by atoms with van der Waals surface area (Å²) in [5.41, 5.74) is 6.26. The average Bonchev–Trinajstić information content (AvgIpc) is 2.62. The number of nitrogens with two attached hydrogens (primary N) is 1. The number of hydrogen-bond acceptors (Lipinski definition) is 8. The SMILES string of the molecule is COC(=O)NC(=Nc1cc(S(=O)(=O)Oc2ccccc2)ccc1N)SC. The van der Waals surface area contributed by atoms with Crippen LogP contribution in [0, 0.1) is 0 Å². The molecule has 0 aliphatic heterocycles. The molecule has 0 spiro atoms. The van der Waals surface area contributed by atoms with Gasteiger partial charge in [0.2, 0.25) is 0 Å². The Hall–Kier alpha value is -2.72. The number of rotatable bonds is 4. The van der Waals surface area contributed by atoms with Crippen molar-refractivity contribution in [1.82, 2.24) is 5.32 Å². The van der Waals surface area contributed by atoms with E-state index in [0.29, 0.717) is 0 Å². The van der Waals surface area contributed by atoms with Gasteiger partial charge in [0.1, 0.15) is 10.6 Å². The Labute approximate surface area is 155 Å². The molecular weight excluding hydrogens is 378 g/mol. The summed E-state index contributed by atoms with van der Waals surface area (Å²) in [5.74, 6) is 0.187. The lowest BCUT2D eigenvalue weighted by Crippen LogP contribution is -2.27. The molecule has 2 aromatic rings. The fourth-order valence-electron chi connectivity index (χ4n) is 1.80. The lowest BCUT2D eigenvalue weighted by molar-refractivity contribution is 0.177. The minimum atomic E-state index is -4.07. The van der Waals surface area contributed by atoms with Crippen molar-refractivity contribution in [2.24, 2.45) is 4.99 Å². The Morgan fingerprint density at radius 1 is 1.19 bits per heavy atom. The highest BCUT2D eigenvalue weighted by Crippen LogP contribution is 2.28. The number of nitrogens with zero attached hydrogens (tertiary/aromatic N) is 1. The molecule has 0 aromatic heterocycles. The van der Waals surface area contributed by atoms with E-state index >= 15 is 0 Å². The Balaban J connectivity index is 2.35. The van der Waals surface area contributed by atoms with Gasteiger partial charge in [-0.2, -0.15) is 8.42 Å². The summed E-state index contributed by atoms with van der Waals surface area (Å²) >= 11 is 1.13. The van der Waals surface area contributed by atoms with Crippen LogP contribution in [0.1, 0.15) is 0 Å². The van der Waals surface area contributed by atoms with Crippen LogP contribution in [0.4, 0.5) is 16.2 Å². The molecule has 10 heteroatoms. The third-order valence-electron chi connectivity index (χ3n) is 3.05. The van der Waals surface area contributed by atoms with E-state index in [1.807, 2.05) is 0 Å². The molecular formula is C16H17N3O5S2. The summed E-state index contributed by atoms with van der Waals surface area (Å²) in [4.78, 5) is 15.4. The van der Waals surface area contributed by atoms with E-state index in [2.05, 4.69) is 15.0 Å². The summed E-state index contributed by atoms with van der Waals surface area (Å²) in [6.07, 6.45) is 0.984. The number of ether oxygens (including phenoxy) is 1. The van der Waals surface area contributed by atoms with Crippen molar-refractivity contribution >= 4 is 44.5 Å². The van der Waals surface area contributed by atoms with Crippen molar-refractivity contribution < 1.29 is 22.1 Å². The second-order valence-corrected chi connectivity index (χ2v) is 7.15. The molecule has 0 saturated carbocycles. The molecule has 0 radical (unpaired) electrons. The van der Waals surface area contributed by atoms with Gasteiger partial charge in [-0.05, 0) is 36.6 Å². The maximum atomic E-state index is 12.4. The van der Waals surface area contributed by atoms with Gasteiger partial charge in [0, 0.05) is 0 Å². The van der Waals surface area contributed by atoms with Crippen molar-refractivity contribution in [3.63, 3.8) is 0 Å². The zero-order chi connectivity index (χ0) is 19.2. The van der Waals surface area contributed by atoms with Gasteiger partial charge in [-0.1, -0.05) is 30.0 Å². The van der Waals surface area contributed by atoms with Gasteiger partial charge in [0.05, 0.1) is 18.5 Å². The zero-order valence-electron chi connectivity index (χ0n) is 14.0. The van der Waals surface area contributed by atoms with Crippen LogP contribution in [0.5, 0.6) is 5.75 Å². The fourth-order valence-corrected chi connectivity index (χ4v) is 3.13. The standard InChI is InChI=1S/C16H17N3O5S2/c1-23-16(20)19-15(25-2)18-14-10-12(8-9-13(14)17)26(21,22)24-11-6-4-3-5-7-11/h3-10H,17H2,1-2H3,(H,18,19,20). The van der Waals surface area contributed by atoms with Crippen LogP contribution < -0.4 is 15.2 Å². The van der Waals surface area contributed by atoms with Gasteiger partial charge in [0.25, 0.3) is 0 Å². The summed E-state index contributed by atoms with van der Waals surface area (Å²) in [5, 5.41) is 2.60. The smallest absolute Gasteiger partial charge is 0.412 e. The number of methoxy groups -OCH3 is 1. The second-order valence-electron chi connectivity index (χ2n) is 4.81. The number of para-hydroxylation sites is 1. The van der Waals surface area contributed by atoms with Crippen LogP contribution in [-0.2, 0) is 14.9 Å². The predicted octanol–water partition coefficient (Wildman–Crippen LogP) is 2.74. The quantitative estimate of drug-likeness (QED) is 0.353. The third-order valence-corrected chi connectivity index (χ3v) is 4.87. The molecule has 0 aliphatic rings. The lowest BCUT2D eigenvalue weighted by atomic mass is 10.3. The zero-order valence-corrected chi connectivity index (χ0v) is 15.6. The maximum absolute atomic E-state index is 12.4. The van der Waals surface area contributed by atoms with Crippen LogP contribution in [-0.4, -0.2) is 33.0 Å². The number of carbonyl (C=O) groups is 1.